The minimum Gasteiger partial charge on any atom is -0.530 e. The van der Waals surface area contributed by atoms with Gasteiger partial charge in [0.2, 0.25) is 5.91 Å². The van der Waals surface area contributed by atoms with Crippen molar-refractivity contribution >= 4 is 40.8 Å². The van der Waals surface area contributed by atoms with Gasteiger partial charge < -0.3 is 20.0 Å². The molecule has 0 spiro atoms. The van der Waals surface area contributed by atoms with Gasteiger partial charge in [-0.3, -0.25) is 14.6 Å². The molecule has 0 atom stereocenters. The Balaban J connectivity index is 1.71. The Kier molecular flexibility index (Phi) is 6.26. The van der Waals surface area contributed by atoms with Gasteiger partial charge in [-0.05, 0) is 30.7 Å². The van der Waals surface area contributed by atoms with Crippen LogP contribution in [0.15, 0.2) is 46.2 Å². The number of benzene rings is 2. The fourth-order valence-electron chi connectivity index (χ4n) is 3.94. The molecule has 0 aliphatic carbocycles. The molecule has 30 heavy (non-hydrogen) atoms. The van der Waals surface area contributed by atoms with Crippen LogP contribution in [0.25, 0.3) is 0 Å². The fraction of sp³-hybridized carbons (Fsp3) is 0.364. The fourth-order valence-corrected chi connectivity index (χ4v) is 5.04. The van der Waals surface area contributed by atoms with Crippen LogP contribution in [0.1, 0.15) is 18.9 Å². The third kappa shape index (κ3) is 4.16. The summed E-state index contributed by atoms with van der Waals surface area (Å²) in [5, 5.41) is 13.6. The van der Waals surface area contributed by atoms with Gasteiger partial charge in [0.25, 0.3) is 0 Å². The van der Waals surface area contributed by atoms with Gasteiger partial charge in [0.15, 0.2) is 0 Å². The number of carbonyl (C=O) groups excluding carboxylic acids is 2. The number of hydrogen-bond donors (Lipinski definition) is 1. The largest absolute Gasteiger partial charge is 0.530 e. The van der Waals surface area contributed by atoms with Crippen LogP contribution in [0, 0.1) is 0 Å². The number of carbonyl (C=O) groups is 2. The molecule has 1 N–H and O–H groups in total. The van der Waals surface area contributed by atoms with E-state index in [-0.39, 0.29) is 5.91 Å². The van der Waals surface area contributed by atoms with E-state index in [0.717, 1.165) is 39.8 Å². The molecule has 8 heteroatoms. The number of para-hydroxylation sites is 1. The normalized spacial score (nSPS) is 16.0. The third-order valence-corrected chi connectivity index (χ3v) is 6.50. The first kappa shape index (κ1) is 20.7. The molecule has 2 amide bonds. The standard InChI is InChI=1S/C22H25N3O4S/c1-2-15-16(23-22(27)28)7-8-19-21(15)25(17-5-3-4-6-18(17)30-19)20(26)9-10-24-11-13-29-14-12-24/h3-8,23H,2,9-14H2,1H3,(H,27,28)/p-1. The summed E-state index contributed by atoms with van der Waals surface area (Å²) in [7, 11) is 0. The van der Waals surface area contributed by atoms with Gasteiger partial charge in [-0.2, -0.15) is 0 Å². The van der Waals surface area contributed by atoms with Crippen molar-refractivity contribution in [1.82, 2.24) is 4.90 Å². The number of fused-ring (bicyclic) bond motifs is 2. The second kappa shape index (κ2) is 9.07. The van der Waals surface area contributed by atoms with E-state index in [1.165, 1.54) is 0 Å². The Morgan fingerprint density at radius 3 is 2.63 bits per heavy atom. The molecular formula is C22H24N3O4S-. The summed E-state index contributed by atoms with van der Waals surface area (Å²) < 4.78 is 5.39. The zero-order valence-electron chi connectivity index (χ0n) is 16.8. The monoisotopic (exact) mass is 426 g/mol. The summed E-state index contributed by atoms with van der Waals surface area (Å²) in [6.45, 7) is 5.67. The summed E-state index contributed by atoms with van der Waals surface area (Å²) in [6.07, 6.45) is -0.409. The van der Waals surface area contributed by atoms with Crippen molar-refractivity contribution in [3.63, 3.8) is 0 Å². The maximum Gasteiger partial charge on any atom is 0.232 e. The van der Waals surface area contributed by atoms with E-state index < -0.39 is 6.09 Å². The number of amides is 2. The smallest absolute Gasteiger partial charge is 0.232 e. The molecular weight excluding hydrogens is 402 g/mol. The minimum absolute atomic E-state index is 0.00390. The summed E-state index contributed by atoms with van der Waals surface area (Å²) in [6, 6.07) is 11.4. The lowest BCUT2D eigenvalue weighted by Crippen LogP contribution is -2.39. The molecule has 2 aromatic rings. The van der Waals surface area contributed by atoms with Gasteiger partial charge in [-0.1, -0.05) is 30.8 Å². The lowest BCUT2D eigenvalue weighted by atomic mass is 10.0. The molecule has 0 radical (unpaired) electrons. The van der Waals surface area contributed by atoms with Crippen molar-refractivity contribution in [3.05, 3.63) is 42.0 Å². The maximum absolute atomic E-state index is 13.5. The van der Waals surface area contributed by atoms with Crippen molar-refractivity contribution in [2.75, 3.05) is 43.1 Å². The number of anilines is 3. The Morgan fingerprint density at radius 1 is 1.13 bits per heavy atom. The van der Waals surface area contributed by atoms with E-state index in [0.29, 0.717) is 38.3 Å². The number of rotatable bonds is 5. The number of ether oxygens (including phenoxy) is 1. The highest BCUT2D eigenvalue weighted by molar-refractivity contribution is 7.99. The van der Waals surface area contributed by atoms with Gasteiger partial charge in [0.1, 0.15) is 6.09 Å². The molecule has 4 rings (SSSR count). The Bertz CT molecular complexity index is 959. The molecule has 7 nitrogen and oxygen atoms in total. The van der Waals surface area contributed by atoms with Crippen molar-refractivity contribution in [3.8, 4) is 0 Å². The molecule has 158 valence electrons. The van der Waals surface area contributed by atoms with Gasteiger partial charge in [-0.15, -0.1) is 0 Å². The Labute approximate surface area is 180 Å². The van der Waals surface area contributed by atoms with Gasteiger partial charge in [-0.25, -0.2) is 0 Å². The Hall–Kier alpha value is -2.55. The van der Waals surface area contributed by atoms with E-state index in [4.69, 9.17) is 4.74 Å². The molecule has 2 heterocycles. The van der Waals surface area contributed by atoms with Crippen LogP contribution < -0.4 is 15.3 Å². The predicted octanol–water partition coefficient (Wildman–Crippen LogP) is 2.86. The molecule has 2 aromatic carbocycles. The van der Waals surface area contributed by atoms with Crippen LogP contribution in [0.4, 0.5) is 21.9 Å². The van der Waals surface area contributed by atoms with Crippen LogP contribution in [-0.2, 0) is 16.0 Å². The average Bonchev–Trinajstić information content (AvgIpc) is 2.76. The molecule has 0 aromatic heterocycles. The van der Waals surface area contributed by atoms with E-state index in [1.54, 1.807) is 22.7 Å². The highest BCUT2D eigenvalue weighted by atomic mass is 32.2. The summed E-state index contributed by atoms with van der Waals surface area (Å²) >= 11 is 1.60. The first-order chi connectivity index (χ1) is 14.6. The molecule has 0 unspecified atom stereocenters. The quantitative estimate of drug-likeness (QED) is 0.791. The number of hydrogen-bond acceptors (Lipinski definition) is 6. The van der Waals surface area contributed by atoms with Crippen molar-refractivity contribution < 1.29 is 19.4 Å². The van der Waals surface area contributed by atoms with E-state index in [2.05, 4.69) is 10.2 Å². The summed E-state index contributed by atoms with van der Waals surface area (Å²) in [4.78, 5) is 30.6. The molecule has 0 saturated carbocycles. The van der Waals surface area contributed by atoms with E-state index in [1.807, 2.05) is 37.3 Å². The SMILES string of the molecule is CCc1c(NC(=O)[O-])ccc2c1N(C(=O)CCN1CCOCC1)c1ccccc1S2. The highest BCUT2D eigenvalue weighted by Gasteiger charge is 2.31. The molecule has 2 aliphatic heterocycles. The lowest BCUT2D eigenvalue weighted by molar-refractivity contribution is -0.242. The minimum atomic E-state index is -1.36. The number of carboxylic acid groups (broad SMARTS) is 1. The zero-order valence-corrected chi connectivity index (χ0v) is 17.7. The lowest BCUT2D eigenvalue weighted by Gasteiger charge is -2.34. The van der Waals surface area contributed by atoms with Crippen molar-refractivity contribution in [1.29, 1.82) is 0 Å². The van der Waals surface area contributed by atoms with Crippen LogP contribution >= 0.6 is 11.8 Å². The van der Waals surface area contributed by atoms with Crippen LogP contribution in [0.2, 0.25) is 0 Å². The molecule has 1 saturated heterocycles. The highest BCUT2D eigenvalue weighted by Crippen LogP contribution is 2.51. The van der Waals surface area contributed by atoms with Crippen LogP contribution in [0.3, 0.4) is 0 Å². The Morgan fingerprint density at radius 2 is 1.90 bits per heavy atom. The predicted molar refractivity (Wildman–Crippen MR) is 114 cm³/mol. The molecule has 1 fully saturated rings. The maximum atomic E-state index is 13.5. The number of morpholine rings is 1. The first-order valence-corrected chi connectivity index (χ1v) is 10.9. The number of nitrogens with zero attached hydrogens (tertiary/aromatic N) is 2. The second-order valence-corrected chi connectivity index (χ2v) is 8.29. The van der Waals surface area contributed by atoms with Gasteiger partial charge in [0.05, 0.1) is 24.6 Å². The molecule has 2 aliphatic rings. The van der Waals surface area contributed by atoms with E-state index in [9.17, 15) is 14.7 Å². The number of nitrogens with one attached hydrogen (secondary N) is 1. The van der Waals surface area contributed by atoms with E-state index >= 15 is 0 Å². The second-order valence-electron chi connectivity index (χ2n) is 7.21. The van der Waals surface area contributed by atoms with Gasteiger partial charge >= 0.3 is 0 Å². The van der Waals surface area contributed by atoms with Crippen LogP contribution in [-0.4, -0.2) is 49.7 Å². The van der Waals surface area contributed by atoms with Crippen molar-refractivity contribution in [2.45, 2.75) is 29.6 Å². The zero-order chi connectivity index (χ0) is 21.1. The summed E-state index contributed by atoms with van der Waals surface area (Å²) in [5.41, 5.74) is 2.85. The average molecular weight is 427 g/mol. The van der Waals surface area contributed by atoms with Crippen molar-refractivity contribution in [2.24, 2.45) is 0 Å². The van der Waals surface area contributed by atoms with Gasteiger partial charge in [0, 0.05) is 47.1 Å². The molecule has 0 bridgehead atoms. The van der Waals surface area contributed by atoms with Crippen LogP contribution in [0.5, 0.6) is 0 Å². The topological polar surface area (TPSA) is 84.9 Å². The first-order valence-electron chi connectivity index (χ1n) is 10.1. The third-order valence-electron chi connectivity index (χ3n) is 5.38. The summed E-state index contributed by atoms with van der Waals surface area (Å²) in [5.74, 6) is -0.00390.